The van der Waals surface area contributed by atoms with E-state index in [2.05, 4.69) is 0 Å². The summed E-state index contributed by atoms with van der Waals surface area (Å²) in [6.07, 6.45) is 3.18. The van der Waals surface area contributed by atoms with Crippen LogP contribution in [0.1, 0.15) is 41.6 Å². The Morgan fingerprint density at radius 2 is 1.70 bits per heavy atom. The molecule has 1 saturated heterocycles. The fourth-order valence-corrected chi connectivity index (χ4v) is 3.97. The van der Waals surface area contributed by atoms with Crippen LogP contribution < -0.4 is 4.90 Å². The minimum Gasteiger partial charge on any atom is -0.327 e. The predicted octanol–water partition coefficient (Wildman–Crippen LogP) is 3.19. The van der Waals surface area contributed by atoms with Crippen molar-refractivity contribution < 1.29 is 14.4 Å². The van der Waals surface area contributed by atoms with Gasteiger partial charge in [0.1, 0.15) is 6.04 Å². The first-order valence-electron chi connectivity index (χ1n) is 9.47. The summed E-state index contributed by atoms with van der Waals surface area (Å²) in [7, 11) is 0. The number of fused-ring (bicyclic) bond motifs is 2. The number of rotatable bonds is 3. The monoisotopic (exact) mass is 362 g/mol. The maximum Gasteiger partial charge on any atom is 0.256 e. The van der Waals surface area contributed by atoms with Gasteiger partial charge in [-0.2, -0.15) is 0 Å². The summed E-state index contributed by atoms with van der Waals surface area (Å²) >= 11 is 0. The second-order valence-electron chi connectivity index (χ2n) is 7.08. The van der Waals surface area contributed by atoms with E-state index in [0.717, 1.165) is 18.4 Å². The molecule has 0 aliphatic carbocycles. The van der Waals surface area contributed by atoms with Gasteiger partial charge in [-0.1, -0.05) is 42.5 Å². The van der Waals surface area contributed by atoms with Gasteiger partial charge in [-0.15, -0.1) is 0 Å². The number of aryl methyl sites for hydroxylation is 1. The molecule has 2 aliphatic heterocycles. The number of nitrogens with zero attached hydrogens (tertiary/aromatic N) is 2. The Hall–Kier alpha value is -2.95. The van der Waals surface area contributed by atoms with Crippen molar-refractivity contribution in [2.24, 2.45) is 0 Å². The van der Waals surface area contributed by atoms with Gasteiger partial charge in [-0.25, -0.2) is 4.90 Å². The third kappa shape index (κ3) is 3.25. The van der Waals surface area contributed by atoms with Crippen molar-refractivity contribution >= 4 is 23.4 Å². The van der Waals surface area contributed by atoms with Crippen molar-refractivity contribution in [1.29, 1.82) is 0 Å². The standard InChI is InChI=1S/C22H22N2O3/c25-20(14-13-16-8-2-1-3-9-16)24-18-11-5-4-10-17(18)21(26)23-15-7-6-12-19(23)22(24)27/h1-5,8-11,19H,6-7,12-15H2/t19-/m1/s1. The van der Waals surface area contributed by atoms with Gasteiger partial charge >= 0.3 is 0 Å². The van der Waals surface area contributed by atoms with Gasteiger partial charge in [0.25, 0.3) is 11.8 Å². The third-order valence-electron chi connectivity index (χ3n) is 5.36. The van der Waals surface area contributed by atoms with Gasteiger partial charge in [-0.05, 0) is 43.4 Å². The third-order valence-corrected chi connectivity index (χ3v) is 5.36. The molecule has 0 saturated carbocycles. The number of anilines is 1. The predicted molar refractivity (Wildman–Crippen MR) is 102 cm³/mol. The molecular weight excluding hydrogens is 340 g/mol. The van der Waals surface area contributed by atoms with Crippen molar-refractivity contribution in [3.63, 3.8) is 0 Å². The van der Waals surface area contributed by atoms with Crippen LogP contribution in [-0.2, 0) is 16.0 Å². The number of amides is 3. The fraction of sp³-hybridized carbons (Fsp3) is 0.318. The van der Waals surface area contributed by atoms with E-state index in [9.17, 15) is 14.4 Å². The molecule has 5 nitrogen and oxygen atoms in total. The molecule has 0 unspecified atom stereocenters. The Labute approximate surface area is 158 Å². The van der Waals surface area contributed by atoms with E-state index in [1.807, 2.05) is 30.3 Å². The Morgan fingerprint density at radius 3 is 2.52 bits per heavy atom. The zero-order valence-corrected chi connectivity index (χ0v) is 15.1. The lowest BCUT2D eigenvalue weighted by Gasteiger charge is -2.34. The average molecular weight is 362 g/mol. The van der Waals surface area contributed by atoms with Crippen LogP contribution in [0, 0.1) is 0 Å². The Balaban J connectivity index is 1.67. The normalized spacial score (nSPS) is 19.3. The molecule has 2 heterocycles. The van der Waals surface area contributed by atoms with Gasteiger partial charge in [-0.3, -0.25) is 14.4 Å². The lowest BCUT2D eigenvalue weighted by atomic mass is 10.0. The Bertz CT molecular complexity index is 878. The number of hydrogen-bond donors (Lipinski definition) is 0. The molecule has 138 valence electrons. The second-order valence-corrected chi connectivity index (χ2v) is 7.08. The van der Waals surface area contributed by atoms with Crippen molar-refractivity contribution in [1.82, 2.24) is 4.90 Å². The molecule has 2 aliphatic rings. The summed E-state index contributed by atoms with van der Waals surface area (Å²) in [5, 5.41) is 0. The highest BCUT2D eigenvalue weighted by molar-refractivity contribution is 6.22. The molecule has 0 bridgehead atoms. The summed E-state index contributed by atoms with van der Waals surface area (Å²) < 4.78 is 0. The molecule has 0 N–H and O–H groups in total. The molecule has 1 fully saturated rings. The Morgan fingerprint density at radius 1 is 0.963 bits per heavy atom. The molecule has 2 aromatic carbocycles. The van der Waals surface area contributed by atoms with Gasteiger partial charge in [0.05, 0.1) is 11.3 Å². The second kappa shape index (κ2) is 7.35. The van der Waals surface area contributed by atoms with Crippen LogP contribution in [-0.4, -0.2) is 35.2 Å². The van der Waals surface area contributed by atoms with Gasteiger partial charge in [0.2, 0.25) is 5.91 Å². The maximum atomic E-state index is 13.3. The molecule has 1 atom stereocenters. The quantitative estimate of drug-likeness (QED) is 0.843. The number of carbonyl (C=O) groups is 3. The van der Waals surface area contributed by atoms with E-state index < -0.39 is 6.04 Å². The van der Waals surface area contributed by atoms with Crippen LogP contribution in [0.25, 0.3) is 0 Å². The van der Waals surface area contributed by atoms with Gasteiger partial charge in [0.15, 0.2) is 0 Å². The average Bonchev–Trinajstić information content (AvgIpc) is 2.81. The molecule has 27 heavy (non-hydrogen) atoms. The van der Waals surface area contributed by atoms with Crippen molar-refractivity contribution in [2.75, 3.05) is 11.4 Å². The van der Waals surface area contributed by atoms with Crippen molar-refractivity contribution in [2.45, 2.75) is 38.1 Å². The maximum absolute atomic E-state index is 13.3. The molecule has 0 spiro atoms. The lowest BCUT2D eigenvalue weighted by molar-refractivity contribution is -0.129. The van der Waals surface area contributed by atoms with Gasteiger partial charge in [0, 0.05) is 13.0 Å². The van der Waals surface area contributed by atoms with E-state index in [1.165, 1.54) is 4.90 Å². The van der Waals surface area contributed by atoms with Crippen molar-refractivity contribution in [3.8, 4) is 0 Å². The SMILES string of the molecule is O=C(CCc1ccccc1)N1C(=O)[C@H]2CCCCN2C(=O)c2ccccc21. The first-order valence-corrected chi connectivity index (χ1v) is 9.47. The number of hydrogen-bond acceptors (Lipinski definition) is 3. The van der Waals surface area contributed by atoms with Crippen LogP contribution in [0.2, 0.25) is 0 Å². The molecule has 0 aromatic heterocycles. The number of para-hydroxylation sites is 1. The molecule has 3 amide bonds. The summed E-state index contributed by atoms with van der Waals surface area (Å²) in [5.41, 5.74) is 1.90. The topological polar surface area (TPSA) is 57.7 Å². The number of piperidine rings is 1. The van der Waals surface area contributed by atoms with Crippen LogP contribution in [0.5, 0.6) is 0 Å². The lowest BCUT2D eigenvalue weighted by Crippen LogP contribution is -2.52. The first kappa shape index (κ1) is 17.5. The first-order chi connectivity index (χ1) is 13.2. The van der Waals surface area contributed by atoms with Crippen LogP contribution in [0.3, 0.4) is 0 Å². The highest BCUT2D eigenvalue weighted by Gasteiger charge is 2.42. The number of carbonyl (C=O) groups excluding carboxylic acids is 3. The van der Waals surface area contributed by atoms with Crippen molar-refractivity contribution in [3.05, 3.63) is 65.7 Å². The highest BCUT2D eigenvalue weighted by atomic mass is 16.2. The zero-order valence-electron chi connectivity index (χ0n) is 15.1. The minimum atomic E-state index is -0.542. The zero-order chi connectivity index (χ0) is 18.8. The molecule has 5 heteroatoms. The Kier molecular flexibility index (Phi) is 4.75. The van der Waals surface area contributed by atoms with E-state index >= 15 is 0 Å². The largest absolute Gasteiger partial charge is 0.327 e. The number of benzene rings is 2. The molecule has 0 radical (unpaired) electrons. The fourth-order valence-electron chi connectivity index (χ4n) is 3.97. The van der Waals surface area contributed by atoms with Crippen LogP contribution in [0.15, 0.2) is 54.6 Å². The van der Waals surface area contributed by atoms with E-state index in [0.29, 0.717) is 30.6 Å². The highest BCUT2D eigenvalue weighted by Crippen LogP contribution is 2.32. The summed E-state index contributed by atoms with van der Waals surface area (Å²) in [6.45, 7) is 0.565. The molecule has 4 rings (SSSR count). The van der Waals surface area contributed by atoms with Gasteiger partial charge < -0.3 is 4.90 Å². The van der Waals surface area contributed by atoms with Crippen LogP contribution >= 0.6 is 0 Å². The summed E-state index contributed by atoms with van der Waals surface area (Å²) in [5.74, 6) is -0.676. The summed E-state index contributed by atoms with van der Waals surface area (Å²) in [4.78, 5) is 42.2. The van der Waals surface area contributed by atoms with E-state index in [4.69, 9.17) is 0 Å². The number of imide groups is 1. The van der Waals surface area contributed by atoms with E-state index in [-0.39, 0.29) is 24.1 Å². The van der Waals surface area contributed by atoms with E-state index in [1.54, 1.807) is 29.2 Å². The molecule has 2 aromatic rings. The smallest absolute Gasteiger partial charge is 0.256 e. The summed E-state index contributed by atoms with van der Waals surface area (Å²) in [6, 6.07) is 16.1. The van der Waals surface area contributed by atoms with Crippen LogP contribution in [0.4, 0.5) is 5.69 Å². The minimum absolute atomic E-state index is 0.151. The molecular formula is C22H22N2O3.